The van der Waals surface area contributed by atoms with E-state index in [2.05, 4.69) is 32.7 Å². The number of nitrogens with one attached hydrogen (secondary N) is 1. The van der Waals surface area contributed by atoms with Crippen LogP contribution in [0.3, 0.4) is 0 Å². The van der Waals surface area contributed by atoms with Crippen LogP contribution in [0.15, 0.2) is 12.7 Å². The first-order chi connectivity index (χ1) is 16.9. The number of Topliss-reactive ketones (excluding diaryl/α,β-unsaturated/α-hetero) is 1. The molecular weight excluding hydrogens is 460 g/mol. The number of hydrogen-bond acceptors (Lipinski definition) is 7. The smallest absolute Gasteiger partial charge is 0.416 e. The Kier molecular flexibility index (Phi) is 7.34. The molecule has 4 aliphatic carbocycles. The summed E-state index contributed by atoms with van der Waals surface area (Å²) in [6, 6.07) is 0.123. The fraction of sp³-hybridized carbons (Fsp3) is 0.821. The van der Waals surface area contributed by atoms with Crippen molar-refractivity contribution < 1.29 is 29.0 Å². The highest BCUT2D eigenvalue weighted by atomic mass is 16.6. The molecule has 4 fully saturated rings. The first-order valence-electron chi connectivity index (χ1n) is 13.7. The summed E-state index contributed by atoms with van der Waals surface area (Å²) in [6.07, 6.45) is 4.49. The van der Waals surface area contributed by atoms with Crippen molar-refractivity contribution in [2.24, 2.45) is 39.7 Å². The topological polar surface area (TPSA) is 128 Å². The normalized spacial score (nSPS) is 46.6. The Morgan fingerprint density at radius 3 is 2.36 bits per heavy atom. The van der Waals surface area contributed by atoms with Gasteiger partial charge in [0.05, 0.1) is 6.10 Å². The molecule has 8 nitrogen and oxygen atoms in total. The molecule has 8 atom stereocenters. The van der Waals surface area contributed by atoms with Gasteiger partial charge in [0, 0.05) is 29.2 Å². The van der Waals surface area contributed by atoms with E-state index in [9.17, 15) is 19.5 Å². The molecular formula is C28H44N2O6. The van der Waals surface area contributed by atoms with Gasteiger partial charge in [-0.25, -0.2) is 14.9 Å². The number of rotatable bonds is 3. The van der Waals surface area contributed by atoms with Crippen molar-refractivity contribution in [2.75, 3.05) is 0 Å². The molecule has 0 spiro atoms. The Balaban J connectivity index is 1.59. The summed E-state index contributed by atoms with van der Waals surface area (Å²) < 4.78 is 11.4. The molecule has 4 aliphatic rings. The zero-order valence-corrected chi connectivity index (χ0v) is 22.3. The average molecular weight is 505 g/mol. The van der Waals surface area contributed by atoms with Gasteiger partial charge in [0.25, 0.3) is 0 Å². The number of aliphatic hydroxyl groups is 1. The zero-order chi connectivity index (χ0) is 26.5. The van der Waals surface area contributed by atoms with Gasteiger partial charge >= 0.3 is 12.2 Å². The van der Waals surface area contributed by atoms with Gasteiger partial charge in [0.2, 0.25) is 0 Å². The van der Waals surface area contributed by atoms with E-state index < -0.39 is 35.2 Å². The summed E-state index contributed by atoms with van der Waals surface area (Å²) in [5.74, 6) is -0.110. The Morgan fingerprint density at radius 2 is 1.72 bits per heavy atom. The van der Waals surface area contributed by atoms with E-state index in [4.69, 9.17) is 15.2 Å². The van der Waals surface area contributed by atoms with Crippen LogP contribution in [0.1, 0.15) is 85.5 Å². The fourth-order valence-electron chi connectivity index (χ4n) is 8.13. The van der Waals surface area contributed by atoms with Gasteiger partial charge in [-0.2, -0.15) is 0 Å². The number of carbonyl (C=O) groups excluding carboxylic acids is 3. The Labute approximate surface area is 214 Å². The van der Waals surface area contributed by atoms with Gasteiger partial charge in [-0.15, -0.1) is 6.58 Å². The lowest BCUT2D eigenvalue weighted by Gasteiger charge is -2.61. The van der Waals surface area contributed by atoms with Crippen molar-refractivity contribution in [1.29, 1.82) is 0 Å². The molecule has 36 heavy (non-hydrogen) atoms. The van der Waals surface area contributed by atoms with Crippen molar-refractivity contribution in [3.8, 4) is 0 Å². The summed E-state index contributed by atoms with van der Waals surface area (Å²) in [5.41, 5.74) is 4.21. The van der Waals surface area contributed by atoms with Crippen molar-refractivity contribution >= 4 is 18.0 Å². The van der Waals surface area contributed by atoms with Gasteiger partial charge in [0.1, 0.15) is 18.0 Å². The van der Waals surface area contributed by atoms with Crippen LogP contribution in [-0.4, -0.2) is 47.4 Å². The summed E-state index contributed by atoms with van der Waals surface area (Å²) >= 11 is 0. The second-order valence-electron chi connectivity index (χ2n) is 12.5. The lowest BCUT2D eigenvalue weighted by atomic mass is 9.44. The minimum atomic E-state index is -0.887. The number of ether oxygens (including phenoxy) is 2. The molecule has 0 heterocycles. The first kappa shape index (κ1) is 27.1. The number of ketones is 1. The van der Waals surface area contributed by atoms with Crippen LogP contribution in [0.2, 0.25) is 0 Å². The highest BCUT2D eigenvalue weighted by molar-refractivity contribution is 5.88. The minimum absolute atomic E-state index is 0.0999. The molecule has 0 aromatic carbocycles. The zero-order valence-electron chi connectivity index (χ0n) is 22.3. The van der Waals surface area contributed by atoms with E-state index >= 15 is 0 Å². The number of nitrogens with two attached hydrogens (primary N) is 1. The van der Waals surface area contributed by atoms with Crippen molar-refractivity contribution in [1.82, 2.24) is 5.32 Å². The van der Waals surface area contributed by atoms with E-state index in [1.165, 1.54) is 0 Å². The standard InChI is InChI=1S/C28H44N2O6/c1-6-26(4)15-21(36-25(34)30-24(33)35-19-9-7-18(29)8-10-19)27(5)16(2)11-13-28(17(3)23(26)32)14-12-20(31)22(27)28/h6,16-19,21-23,32H,1,7-15,29H2,2-5H3,(H,30,33,34)/t16?,17-,18?,19?,21?,22?,23-,26+,27-,28-/m0/s1. The van der Waals surface area contributed by atoms with Crippen molar-refractivity contribution in [3.05, 3.63) is 12.7 Å². The number of alkyl carbamates (subject to hydrolysis) is 2. The molecule has 202 valence electrons. The number of carbonyl (C=O) groups is 3. The summed E-state index contributed by atoms with van der Waals surface area (Å²) in [4.78, 5) is 38.9. The quantitative estimate of drug-likeness (QED) is 0.483. The Bertz CT molecular complexity index is 900. The molecule has 3 unspecified atom stereocenters. The van der Waals surface area contributed by atoms with Crippen LogP contribution in [0.5, 0.6) is 0 Å². The van der Waals surface area contributed by atoms with Crippen molar-refractivity contribution in [3.63, 3.8) is 0 Å². The SMILES string of the molecule is C=C[C@]1(C)CC(OC(=O)NC(=O)OC2CCC(N)CC2)[C@]2(C)C(C)CC[C@]3(CCC(=O)C23)[C@@H](C)[C@@H]1O. The third kappa shape index (κ3) is 4.38. The number of imide groups is 1. The Hall–Kier alpha value is -1.93. The van der Waals surface area contributed by atoms with Crippen LogP contribution < -0.4 is 11.1 Å². The highest BCUT2D eigenvalue weighted by Gasteiger charge is 2.68. The summed E-state index contributed by atoms with van der Waals surface area (Å²) in [6.45, 7) is 12.2. The average Bonchev–Trinajstić information content (AvgIpc) is 3.19. The minimum Gasteiger partial charge on any atom is -0.446 e. The third-order valence-electron chi connectivity index (χ3n) is 10.7. The monoisotopic (exact) mass is 504 g/mol. The molecule has 4 N–H and O–H groups in total. The van der Waals surface area contributed by atoms with Crippen LogP contribution in [0.25, 0.3) is 0 Å². The first-order valence-corrected chi connectivity index (χ1v) is 13.7. The van der Waals surface area contributed by atoms with E-state index in [-0.39, 0.29) is 41.1 Å². The summed E-state index contributed by atoms with van der Waals surface area (Å²) in [5, 5.41) is 13.8. The maximum atomic E-state index is 13.4. The molecule has 0 aromatic heterocycles. The molecule has 0 saturated heterocycles. The van der Waals surface area contributed by atoms with Crippen molar-refractivity contribution in [2.45, 2.75) is 110 Å². The van der Waals surface area contributed by atoms with Gasteiger partial charge in [-0.1, -0.05) is 33.8 Å². The maximum absolute atomic E-state index is 13.4. The molecule has 0 radical (unpaired) electrons. The predicted molar refractivity (Wildman–Crippen MR) is 135 cm³/mol. The molecule has 8 heteroatoms. The van der Waals surface area contributed by atoms with Crippen LogP contribution in [0, 0.1) is 34.0 Å². The second-order valence-corrected chi connectivity index (χ2v) is 12.5. The van der Waals surface area contributed by atoms with Crippen LogP contribution in [-0.2, 0) is 14.3 Å². The number of hydrogen-bond donors (Lipinski definition) is 3. The van der Waals surface area contributed by atoms with E-state index in [1.54, 1.807) is 6.08 Å². The molecule has 2 amide bonds. The van der Waals surface area contributed by atoms with Gasteiger partial charge in [0.15, 0.2) is 0 Å². The maximum Gasteiger partial charge on any atom is 0.416 e. The summed E-state index contributed by atoms with van der Waals surface area (Å²) in [7, 11) is 0. The van der Waals surface area contributed by atoms with Crippen LogP contribution >= 0.6 is 0 Å². The van der Waals surface area contributed by atoms with E-state index in [0.29, 0.717) is 25.7 Å². The number of aliphatic hydroxyl groups excluding tert-OH is 1. The predicted octanol–water partition coefficient (Wildman–Crippen LogP) is 4.48. The fourth-order valence-corrected chi connectivity index (χ4v) is 8.13. The molecule has 2 bridgehead atoms. The highest BCUT2D eigenvalue weighted by Crippen LogP contribution is 2.67. The molecule has 4 saturated carbocycles. The van der Waals surface area contributed by atoms with Gasteiger partial charge in [-0.05, 0) is 68.6 Å². The van der Waals surface area contributed by atoms with Crippen LogP contribution in [0.4, 0.5) is 9.59 Å². The van der Waals surface area contributed by atoms with Gasteiger partial charge < -0.3 is 20.3 Å². The molecule has 0 aliphatic heterocycles. The number of amides is 2. The third-order valence-corrected chi connectivity index (χ3v) is 10.7. The Morgan fingerprint density at radius 1 is 1.08 bits per heavy atom. The molecule has 0 aromatic rings. The van der Waals surface area contributed by atoms with E-state index in [0.717, 1.165) is 32.1 Å². The lowest BCUT2D eigenvalue weighted by Crippen LogP contribution is -2.63. The van der Waals surface area contributed by atoms with E-state index in [1.807, 2.05) is 6.92 Å². The lowest BCUT2D eigenvalue weighted by molar-refractivity contribution is -0.191. The largest absolute Gasteiger partial charge is 0.446 e. The second kappa shape index (κ2) is 9.75. The van der Waals surface area contributed by atoms with Gasteiger partial charge in [-0.3, -0.25) is 4.79 Å². The molecule has 4 rings (SSSR count).